The fourth-order valence-electron chi connectivity index (χ4n) is 0.697. The summed E-state index contributed by atoms with van der Waals surface area (Å²) in [7, 11) is 1.23. The number of rotatable bonds is 2. The van der Waals surface area contributed by atoms with Gasteiger partial charge in [0.2, 0.25) is 0 Å². The first-order chi connectivity index (χ1) is 5.74. The van der Waals surface area contributed by atoms with Crippen LogP contribution in [-0.4, -0.2) is 13.3 Å². The third kappa shape index (κ3) is 2.02. The van der Waals surface area contributed by atoms with Crippen LogP contribution in [0.25, 0.3) is 0 Å². The third-order valence-corrected chi connectivity index (χ3v) is 1.27. The monoisotopic (exact) mass is 169 g/mol. The Bertz CT molecular complexity index is 240. The smallest absolute Gasteiger partial charge is 0.465 e. The Morgan fingerprint density at radius 1 is 1.75 bits per heavy atom. The maximum Gasteiger partial charge on any atom is 0.508 e. The lowest BCUT2D eigenvalue weighted by Gasteiger charge is -2.08. The maximum absolute atomic E-state index is 10.6. The molecule has 0 spiro atoms. The highest BCUT2D eigenvalue weighted by molar-refractivity contribution is 5.60. The Morgan fingerprint density at radius 2 is 2.50 bits per heavy atom. The van der Waals surface area contributed by atoms with Crippen LogP contribution in [0.15, 0.2) is 22.8 Å². The molecule has 1 heterocycles. The van der Waals surface area contributed by atoms with Gasteiger partial charge in [-0.3, -0.25) is 0 Å². The Kier molecular flexibility index (Phi) is 2.74. The molecule has 0 saturated heterocycles. The molecule has 0 N–H and O–H groups in total. The lowest BCUT2D eigenvalue weighted by Crippen LogP contribution is -2.07. The summed E-state index contributed by atoms with van der Waals surface area (Å²) in [5, 5.41) is 0. The van der Waals surface area contributed by atoms with Crippen LogP contribution in [0.2, 0.25) is 0 Å². The van der Waals surface area contributed by atoms with E-state index in [-0.39, 0.29) is 0 Å². The van der Waals surface area contributed by atoms with Crippen LogP contribution >= 0.6 is 0 Å². The largest absolute Gasteiger partial charge is 0.508 e. The van der Waals surface area contributed by atoms with E-state index in [0.29, 0.717) is 5.76 Å². The molecule has 1 radical (unpaired) electrons. The van der Waals surface area contributed by atoms with Crippen LogP contribution in [0.4, 0.5) is 4.79 Å². The van der Waals surface area contributed by atoms with Crippen molar-refractivity contribution in [2.24, 2.45) is 0 Å². The number of carbonyl (C=O) groups excluding carboxylic acids is 1. The summed E-state index contributed by atoms with van der Waals surface area (Å²) < 4.78 is 13.9. The molecule has 1 atom stereocenters. The number of furan rings is 1. The lowest BCUT2D eigenvalue weighted by atomic mass is 10.3. The zero-order valence-electron chi connectivity index (χ0n) is 6.65. The average molecular weight is 169 g/mol. The van der Waals surface area contributed by atoms with Gasteiger partial charge in [-0.15, -0.1) is 0 Å². The van der Waals surface area contributed by atoms with Gasteiger partial charge in [0.05, 0.1) is 13.4 Å². The van der Waals surface area contributed by atoms with E-state index in [4.69, 9.17) is 4.42 Å². The fourth-order valence-corrected chi connectivity index (χ4v) is 0.697. The van der Waals surface area contributed by atoms with Crippen molar-refractivity contribution >= 4 is 6.16 Å². The van der Waals surface area contributed by atoms with Crippen molar-refractivity contribution < 1.29 is 18.7 Å². The zero-order chi connectivity index (χ0) is 8.97. The third-order valence-electron chi connectivity index (χ3n) is 1.27. The van der Waals surface area contributed by atoms with E-state index in [9.17, 15) is 4.79 Å². The number of hydrogen-bond acceptors (Lipinski definition) is 4. The Labute approximate surface area is 70.1 Å². The van der Waals surface area contributed by atoms with Crippen molar-refractivity contribution in [3.05, 3.63) is 31.1 Å². The summed E-state index contributed by atoms with van der Waals surface area (Å²) in [5.74, 6) is 0.486. The van der Waals surface area contributed by atoms with Gasteiger partial charge < -0.3 is 13.9 Å². The molecule has 1 aromatic rings. The van der Waals surface area contributed by atoms with Gasteiger partial charge in [0, 0.05) is 0 Å². The molecule has 0 amide bonds. The molecule has 1 aromatic heterocycles. The van der Waals surface area contributed by atoms with Crippen molar-refractivity contribution in [1.82, 2.24) is 0 Å². The summed E-state index contributed by atoms with van der Waals surface area (Å²) in [6.07, 6.45) is 0.0487. The van der Waals surface area contributed by atoms with E-state index in [1.165, 1.54) is 13.4 Å². The molecule has 4 nitrogen and oxygen atoms in total. The summed E-state index contributed by atoms with van der Waals surface area (Å²) in [4.78, 5) is 10.6. The molecule has 0 saturated carbocycles. The standard InChI is InChI=1S/C8H9O4/c1-6(12-8(9)10-2)7-4-3-5-11-7/h3-6H,1H2,2H3. The van der Waals surface area contributed by atoms with Crippen LogP contribution in [0, 0.1) is 6.92 Å². The minimum Gasteiger partial charge on any atom is -0.465 e. The number of carbonyl (C=O) groups is 1. The first-order valence-electron chi connectivity index (χ1n) is 3.35. The van der Waals surface area contributed by atoms with Crippen molar-refractivity contribution in [3.63, 3.8) is 0 Å². The Balaban J connectivity index is 2.49. The minimum absolute atomic E-state index is 0.486. The van der Waals surface area contributed by atoms with Crippen molar-refractivity contribution in [1.29, 1.82) is 0 Å². The van der Waals surface area contributed by atoms with Crippen molar-refractivity contribution in [3.8, 4) is 0 Å². The molecule has 65 valence electrons. The lowest BCUT2D eigenvalue weighted by molar-refractivity contribution is 0.0445. The molecule has 4 heteroatoms. The summed E-state index contributed by atoms with van der Waals surface area (Å²) in [6, 6.07) is 3.36. The highest BCUT2D eigenvalue weighted by Gasteiger charge is 2.13. The molecule has 1 unspecified atom stereocenters. The molecular weight excluding hydrogens is 160 g/mol. The molecule has 0 bridgehead atoms. The van der Waals surface area contributed by atoms with Gasteiger partial charge in [0.1, 0.15) is 5.76 Å². The van der Waals surface area contributed by atoms with Crippen LogP contribution in [-0.2, 0) is 9.47 Å². The van der Waals surface area contributed by atoms with E-state index >= 15 is 0 Å². The molecule has 0 aliphatic heterocycles. The fraction of sp³-hybridized carbons (Fsp3) is 0.250. The quantitative estimate of drug-likeness (QED) is 0.635. The summed E-state index contributed by atoms with van der Waals surface area (Å²) in [6.45, 7) is 3.55. The molecule has 0 aromatic carbocycles. The van der Waals surface area contributed by atoms with Crippen LogP contribution in [0.5, 0.6) is 0 Å². The highest BCUT2D eigenvalue weighted by atomic mass is 16.7. The van der Waals surface area contributed by atoms with Gasteiger partial charge in [0.15, 0.2) is 6.10 Å². The summed E-state index contributed by atoms with van der Waals surface area (Å²) in [5.41, 5.74) is 0. The van der Waals surface area contributed by atoms with Crippen molar-refractivity contribution in [2.45, 2.75) is 6.10 Å². The van der Waals surface area contributed by atoms with Crippen LogP contribution in [0.3, 0.4) is 0 Å². The van der Waals surface area contributed by atoms with E-state index in [1.807, 2.05) is 0 Å². The SMILES string of the molecule is [CH2]C(OC(=O)OC)c1ccco1. The maximum atomic E-state index is 10.6. The molecule has 0 aliphatic rings. The molecule has 12 heavy (non-hydrogen) atoms. The molecule has 0 aliphatic carbocycles. The predicted octanol–water partition coefficient (Wildman–Crippen LogP) is 1.94. The Morgan fingerprint density at radius 3 is 3.00 bits per heavy atom. The van der Waals surface area contributed by atoms with E-state index in [2.05, 4.69) is 16.4 Å². The molecular formula is C8H9O4. The first kappa shape index (κ1) is 8.64. The van der Waals surface area contributed by atoms with Crippen molar-refractivity contribution in [2.75, 3.05) is 7.11 Å². The van der Waals surface area contributed by atoms with Gasteiger partial charge in [-0.2, -0.15) is 0 Å². The summed E-state index contributed by atoms with van der Waals surface area (Å²) >= 11 is 0. The Hall–Kier alpha value is -1.45. The second kappa shape index (κ2) is 3.80. The zero-order valence-corrected chi connectivity index (χ0v) is 6.65. The topological polar surface area (TPSA) is 48.7 Å². The first-order valence-corrected chi connectivity index (χ1v) is 3.35. The second-order valence-corrected chi connectivity index (χ2v) is 2.08. The van der Waals surface area contributed by atoms with E-state index < -0.39 is 12.3 Å². The average Bonchev–Trinajstić information content (AvgIpc) is 2.56. The van der Waals surface area contributed by atoms with Gasteiger partial charge >= 0.3 is 6.16 Å². The van der Waals surface area contributed by atoms with Gasteiger partial charge in [0.25, 0.3) is 0 Å². The van der Waals surface area contributed by atoms with E-state index in [1.54, 1.807) is 12.1 Å². The number of ether oxygens (including phenoxy) is 2. The predicted molar refractivity (Wildman–Crippen MR) is 40.3 cm³/mol. The van der Waals surface area contributed by atoms with Crippen LogP contribution < -0.4 is 0 Å². The highest BCUT2D eigenvalue weighted by Crippen LogP contribution is 2.16. The number of hydrogen-bond donors (Lipinski definition) is 0. The van der Waals surface area contributed by atoms with E-state index in [0.717, 1.165) is 0 Å². The molecule has 1 rings (SSSR count). The normalized spacial score (nSPS) is 12.2. The van der Waals surface area contributed by atoms with Crippen LogP contribution in [0.1, 0.15) is 11.9 Å². The van der Waals surface area contributed by atoms with Gasteiger partial charge in [-0.05, 0) is 19.1 Å². The molecule has 0 fully saturated rings. The minimum atomic E-state index is -0.772. The second-order valence-electron chi connectivity index (χ2n) is 2.08. The van der Waals surface area contributed by atoms with Gasteiger partial charge in [-0.1, -0.05) is 0 Å². The number of methoxy groups -OCH3 is 1. The van der Waals surface area contributed by atoms with Gasteiger partial charge in [-0.25, -0.2) is 4.79 Å².